The molecular weight excluding hydrogens is 1670 g/mol. The average molecular weight is 1730 g/mol. The number of aliphatic hydroxyl groups excluding tert-OH is 4. The highest BCUT2D eigenvalue weighted by molar-refractivity contribution is 7.62. The highest BCUT2D eigenvalue weighted by atomic mass is 31.3. The van der Waals surface area contributed by atoms with Gasteiger partial charge in [-0.25, -0.2) is 73.3 Å². The van der Waals surface area contributed by atoms with E-state index in [1.165, 1.54) is 0 Å². The molecule has 16 atom stereocenters. The number of ether oxygens (including phenoxy) is 4. The molecule has 0 aromatic carbocycles. The van der Waals surface area contributed by atoms with E-state index in [1.807, 2.05) is 28.7 Å². The number of phosphoric ester groups is 4. The van der Waals surface area contributed by atoms with E-state index in [0.29, 0.717) is 26.1 Å². The lowest BCUT2D eigenvalue weighted by atomic mass is 10.2. The second-order valence-corrected chi connectivity index (χ2v) is 31.7. The van der Waals surface area contributed by atoms with Crippen LogP contribution in [0.3, 0.4) is 0 Å². The normalized spacial score (nSPS) is 30.3. The Morgan fingerprint density at radius 3 is 0.926 bits per heavy atom. The maximum Gasteiger partial charge on any atom is 0.481 e. The third-order valence-corrected chi connectivity index (χ3v) is 20.4. The number of rotatable bonds is 24. The van der Waals surface area contributed by atoms with Crippen molar-refractivity contribution in [3.8, 4) is 49.4 Å². The quantitative estimate of drug-likeness (QED) is 0.0177. The van der Waals surface area contributed by atoms with Crippen molar-refractivity contribution in [2.24, 2.45) is 0 Å². The van der Waals surface area contributed by atoms with E-state index in [4.69, 9.17) is 92.3 Å². The number of alkyl halides is 4. The van der Waals surface area contributed by atoms with Crippen LogP contribution in [0.15, 0.2) is 63.1 Å². The largest absolute Gasteiger partial charge is 0.481 e. The first-order valence-electron chi connectivity index (χ1n) is 29.9. The van der Waals surface area contributed by atoms with Crippen molar-refractivity contribution in [2.75, 3.05) is 26.3 Å². The molecule has 4 aromatic rings. The molecule has 0 spiro atoms. The summed E-state index contributed by atoms with van der Waals surface area (Å²) in [6.07, 6.45) is 0.698. The van der Waals surface area contributed by atoms with Crippen LogP contribution >= 0.6 is 62.6 Å². The van der Waals surface area contributed by atoms with Crippen LogP contribution in [0.2, 0.25) is 0 Å². The molecule has 600 valence electrons. The third kappa shape index (κ3) is 26.8. The molecule has 20 N–H and O–H groups in total. The summed E-state index contributed by atoms with van der Waals surface area (Å²) in [7, 11) is -44.8. The van der Waals surface area contributed by atoms with Crippen molar-refractivity contribution in [3.05, 3.63) is 130 Å². The molecule has 4 fully saturated rings. The van der Waals surface area contributed by atoms with Crippen molar-refractivity contribution in [1.29, 1.82) is 0 Å². The molecule has 0 radical (unpaired) electrons. The first kappa shape index (κ1) is 82.4. The molecule has 4 unspecified atom stereocenters. The van der Waals surface area contributed by atoms with Gasteiger partial charge in [0.25, 0.3) is 22.2 Å². The summed E-state index contributed by atoms with van der Waals surface area (Å²) >= 11 is 0. The predicted octanol–water partition coefficient (Wildman–Crippen LogP) is -5.24. The highest BCUT2D eigenvalue weighted by Gasteiger charge is 2.54. The van der Waals surface area contributed by atoms with Gasteiger partial charge in [-0.2, -0.15) is 17.2 Å². The lowest BCUT2D eigenvalue weighted by Gasteiger charge is -2.22. The van der Waals surface area contributed by atoms with E-state index < -0.39 is 249 Å². The van der Waals surface area contributed by atoms with Crippen molar-refractivity contribution in [3.63, 3.8) is 0 Å². The van der Waals surface area contributed by atoms with Gasteiger partial charge in [0, 0.05) is 50.5 Å². The zero-order valence-corrected chi connectivity index (χ0v) is 58.9. The van der Waals surface area contributed by atoms with E-state index in [9.17, 15) is 114 Å². The van der Waals surface area contributed by atoms with E-state index >= 15 is 8.78 Å². The minimum absolute atomic E-state index is 0.135. The summed E-state index contributed by atoms with van der Waals surface area (Å²) < 4.78 is 244. The van der Waals surface area contributed by atoms with E-state index in [0.717, 1.165) is 12.4 Å². The fraction of sp³-hybridized carbons (Fsp3) is 0.455. The number of H-pyrrole nitrogens is 4. The average Bonchev–Trinajstić information content (AvgIpc) is 1.57. The Morgan fingerprint density at radius 1 is 0.407 bits per heavy atom. The maximum absolute atomic E-state index is 15.2. The summed E-state index contributed by atoms with van der Waals surface area (Å²) in [5.41, 5.74) is -10.6. The molecule has 0 saturated carbocycles. The third-order valence-electron chi connectivity index (χ3n) is 12.2. The number of hydrogen-bond acceptors (Lipinski definition) is 32. The molecule has 4 aliphatic heterocycles. The number of aliphatic hydroxyl groups is 4. The van der Waals surface area contributed by atoms with E-state index in [1.54, 1.807) is 15.0 Å². The van der Waals surface area contributed by atoms with Crippen LogP contribution in [-0.4, -0.2) is 192 Å². The molecule has 8 rings (SSSR count). The van der Waals surface area contributed by atoms with E-state index in [-0.39, 0.29) is 10.1 Å². The second-order valence-electron chi connectivity index (χ2n) is 20.5. The molecule has 8 heterocycles. The number of aromatic nitrogens is 8. The van der Waals surface area contributed by atoms with Gasteiger partial charge in [0.15, 0.2) is 24.9 Å². The Bertz CT molecular complexity index is 5510. The van der Waals surface area contributed by atoms with Crippen LogP contribution in [0.1, 0.15) is 81.0 Å². The van der Waals surface area contributed by atoms with Crippen LogP contribution in [0.25, 0.3) is 0 Å². The molecule has 0 amide bonds. The van der Waals surface area contributed by atoms with Gasteiger partial charge in [0.2, 0.25) is 23.4 Å². The monoisotopic (exact) mass is 1730 g/mol. The van der Waals surface area contributed by atoms with E-state index in [2.05, 4.69) is 44.8 Å². The molecule has 4 aliphatic rings. The Labute approximate surface area is 599 Å². The van der Waals surface area contributed by atoms with Crippen molar-refractivity contribution < 1.29 is 196 Å². The predicted molar refractivity (Wildman–Crippen MR) is 331 cm³/mol. The first-order chi connectivity index (χ1) is 51.2. The Balaban J connectivity index is 0.000000272. The fourth-order valence-electron chi connectivity index (χ4n) is 8.20. The van der Waals surface area contributed by atoms with Gasteiger partial charge in [-0.05, 0) is 0 Å². The number of aromatic amines is 4. The zero-order chi connectivity index (χ0) is 87.9. The molecular formula is C44H52F4N8O44P8. The number of phosphoric acid groups is 8. The summed E-state index contributed by atoms with van der Waals surface area (Å²) in [5, 5.41) is 40.0. The summed E-state index contributed by atoms with van der Waals surface area (Å²) in [5.74, 6) is -6.11. The standard InChI is InChI=1S/4C11H13FN2O11P2/c4*1-2-6-4-14(10(17)13-8(6)16)9-7(15)3-11(12,24-9)5-23-27(21,22)25-26(18,19)20/h4*1,4,7,9,15H,3,5H2,(H,21,22)(H,13,16,17)(H2,18,19,20)/t4*7-,9-,11+/m1111/s1/i5D2,9D;9D;5D2;. The topological polar surface area (TPSA) is 790 Å². The van der Waals surface area contributed by atoms with Gasteiger partial charge >= 0.3 is 85.3 Å². The SMILES string of the molecule is C#Cc1cn([C@@H]2O[C@](F)(COP(=O)(O)OP(=O)(O)O)C[C@H]2O)c(=O)[nH]c1=O.[2H]C([2H])(OP(=O)(O)OP(=O)(O)O)[C@]1(F)C[C@@H](O)[C@H](n2cc(C#C)c(=O)[nH]c2=O)O1.[2H]C([2H])(OP(=O)(O)OP(=O)(O)O)[C@]1(F)C[C@@H](O)[C@]([2H])(n2cc(C#C)c(=O)[nH]c2=O)O1.[2H][C@@]1(n2cc(C#C)c(=O)[nH]c2=O)O[C@](F)(COP(=O)(O)OP(=O)(O)O)C[C@H]1O. The Hall–Kier alpha value is -6.60. The maximum atomic E-state index is 15.2. The van der Waals surface area contributed by atoms with Crippen molar-refractivity contribution in [1.82, 2.24) is 38.2 Å². The first-order valence-corrected chi connectivity index (χ1v) is 39.0. The van der Waals surface area contributed by atoms with Gasteiger partial charge in [0.1, 0.15) is 73.0 Å². The lowest BCUT2D eigenvalue weighted by molar-refractivity contribution is -0.178. The summed E-state index contributed by atoms with van der Waals surface area (Å²) in [4.78, 5) is 205. The molecule has 0 bridgehead atoms. The molecule has 64 heteroatoms. The molecule has 108 heavy (non-hydrogen) atoms. The fourth-order valence-corrected chi connectivity index (χ4v) is 14.4. The number of hydrogen-bond donors (Lipinski definition) is 20. The van der Waals surface area contributed by atoms with Gasteiger partial charge < -0.3 is 98.1 Å². The number of nitrogens with one attached hydrogen (secondary N) is 4. The zero-order valence-electron chi connectivity index (χ0n) is 57.8. The number of nitrogens with zero attached hydrogens (tertiary/aromatic N) is 4. The Kier molecular flexibility index (Phi) is 26.4. The van der Waals surface area contributed by atoms with Crippen LogP contribution < -0.4 is 45.0 Å². The van der Waals surface area contributed by atoms with Gasteiger partial charge in [0.05, 0.1) is 8.22 Å². The van der Waals surface area contributed by atoms with Crippen LogP contribution in [0.4, 0.5) is 17.6 Å². The highest BCUT2D eigenvalue weighted by Crippen LogP contribution is 2.62. The van der Waals surface area contributed by atoms with Crippen LogP contribution in [0.5, 0.6) is 0 Å². The van der Waals surface area contributed by atoms with Crippen LogP contribution in [-0.2, 0) is 90.8 Å². The van der Waals surface area contributed by atoms with Crippen molar-refractivity contribution in [2.45, 2.75) is 98.4 Å². The number of halogens is 4. The van der Waals surface area contributed by atoms with Gasteiger partial charge in [-0.15, -0.1) is 25.7 Å². The van der Waals surface area contributed by atoms with Crippen molar-refractivity contribution >= 4 is 62.6 Å². The minimum Gasteiger partial charge on any atom is -0.388 e. The molecule has 0 aliphatic carbocycles. The lowest BCUT2D eigenvalue weighted by Crippen LogP contribution is -2.37. The minimum atomic E-state index is -5.94. The molecule has 4 aromatic heterocycles. The van der Waals surface area contributed by atoms with Crippen LogP contribution in [0, 0.1) is 49.4 Å². The van der Waals surface area contributed by atoms with Gasteiger partial charge in [-0.1, -0.05) is 23.7 Å². The number of terminal acetylenes is 4. The smallest absolute Gasteiger partial charge is 0.388 e. The second kappa shape index (κ2) is 34.6. The molecule has 52 nitrogen and oxygen atoms in total. The Morgan fingerprint density at radius 2 is 0.630 bits per heavy atom. The summed E-state index contributed by atoms with van der Waals surface area (Å²) in [6.45, 7) is -10.9. The van der Waals surface area contributed by atoms with Gasteiger partial charge in [-0.3, -0.25) is 75.5 Å². The molecule has 4 saturated heterocycles. The summed E-state index contributed by atoms with van der Waals surface area (Å²) in [6, 6.07) is 0.